The summed E-state index contributed by atoms with van der Waals surface area (Å²) in [5.74, 6) is -1.13. The van der Waals surface area contributed by atoms with Gasteiger partial charge in [0.05, 0.1) is 12.7 Å². The molecule has 2 N–H and O–H groups in total. The van der Waals surface area contributed by atoms with Crippen molar-refractivity contribution < 1.29 is 23.1 Å². The minimum absolute atomic E-state index is 0.0111. The molecule has 7 heteroatoms. The number of hydrogen-bond donors (Lipinski definition) is 2. The quantitative estimate of drug-likeness (QED) is 0.805. The predicted molar refractivity (Wildman–Crippen MR) is 79.3 cm³/mol. The molecule has 0 aliphatic carbocycles. The Labute approximate surface area is 125 Å². The third kappa shape index (κ3) is 3.95. The summed E-state index contributed by atoms with van der Waals surface area (Å²) in [7, 11) is -2.49. The number of carbonyl (C=O) groups is 1. The number of sulfonamides is 1. The fourth-order valence-corrected chi connectivity index (χ4v) is 3.50. The Balaban J connectivity index is 3.29. The van der Waals surface area contributed by atoms with E-state index in [9.17, 15) is 13.2 Å². The molecule has 0 bridgehead atoms. The van der Waals surface area contributed by atoms with E-state index >= 15 is 0 Å². The van der Waals surface area contributed by atoms with E-state index in [0.29, 0.717) is 12.8 Å². The van der Waals surface area contributed by atoms with Gasteiger partial charge in [0.1, 0.15) is 10.6 Å². The largest absolute Gasteiger partial charge is 0.495 e. The molecular weight excluding hydrogens is 294 g/mol. The molecule has 21 heavy (non-hydrogen) atoms. The monoisotopic (exact) mass is 315 g/mol. The van der Waals surface area contributed by atoms with Gasteiger partial charge in [-0.15, -0.1) is 0 Å². The highest BCUT2D eigenvalue weighted by Gasteiger charge is 2.29. The molecule has 0 amide bonds. The first-order chi connectivity index (χ1) is 9.69. The zero-order valence-corrected chi connectivity index (χ0v) is 13.5. The molecule has 0 fully saturated rings. The first kappa shape index (κ1) is 17.5. The summed E-state index contributed by atoms with van der Waals surface area (Å²) in [6.45, 7) is 5.62. The Morgan fingerprint density at radius 2 is 1.90 bits per heavy atom. The van der Waals surface area contributed by atoms with Gasteiger partial charge < -0.3 is 9.84 Å². The van der Waals surface area contributed by atoms with Crippen molar-refractivity contribution in [3.8, 4) is 5.75 Å². The zero-order valence-electron chi connectivity index (χ0n) is 12.6. The van der Waals surface area contributed by atoms with Crippen LogP contribution in [-0.2, 0) is 10.0 Å². The highest BCUT2D eigenvalue weighted by molar-refractivity contribution is 7.89. The highest BCUT2D eigenvalue weighted by Crippen LogP contribution is 2.27. The molecule has 0 saturated carbocycles. The number of carboxylic acid groups (broad SMARTS) is 1. The van der Waals surface area contributed by atoms with E-state index in [1.165, 1.54) is 25.3 Å². The van der Waals surface area contributed by atoms with Crippen LogP contribution in [0.3, 0.4) is 0 Å². The van der Waals surface area contributed by atoms with Crippen molar-refractivity contribution >= 4 is 16.0 Å². The molecule has 6 nitrogen and oxygen atoms in total. The Morgan fingerprint density at radius 1 is 1.33 bits per heavy atom. The Hall–Kier alpha value is -1.60. The topological polar surface area (TPSA) is 92.7 Å². The van der Waals surface area contributed by atoms with E-state index in [-0.39, 0.29) is 16.2 Å². The third-order valence-electron chi connectivity index (χ3n) is 3.64. The zero-order chi connectivity index (χ0) is 16.3. The average Bonchev–Trinajstić information content (AvgIpc) is 2.45. The number of carboxylic acids is 1. The van der Waals surface area contributed by atoms with Gasteiger partial charge in [-0.2, -0.15) is 0 Å². The maximum atomic E-state index is 12.5. The maximum absolute atomic E-state index is 12.5. The summed E-state index contributed by atoms with van der Waals surface area (Å²) in [6.07, 6.45) is 1.27. The summed E-state index contributed by atoms with van der Waals surface area (Å²) in [4.78, 5) is 10.9. The van der Waals surface area contributed by atoms with Gasteiger partial charge in [0, 0.05) is 5.54 Å². The summed E-state index contributed by atoms with van der Waals surface area (Å²) in [5.41, 5.74) is -0.588. The summed E-state index contributed by atoms with van der Waals surface area (Å²) < 4.78 is 32.7. The first-order valence-corrected chi connectivity index (χ1v) is 8.12. The Bertz CT molecular complexity index is 620. The van der Waals surface area contributed by atoms with Crippen LogP contribution in [0, 0.1) is 0 Å². The second-order valence-electron chi connectivity index (χ2n) is 5.04. The lowest BCUT2D eigenvalue weighted by Gasteiger charge is -2.28. The van der Waals surface area contributed by atoms with Gasteiger partial charge in [0.2, 0.25) is 10.0 Å². The second-order valence-corrected chi connectivity index (χ2v) is 6.69. The van der Waals surface area contributed by atoms with Crippen LogP contribution in [0.15, 0.2) is 23.1 Å². The van der Waals surface area contributed by atoms with Crippen LogP contribution in [0.2, 0.25) is 0 Å². The fourth-order valence-electron chi connectivity index (χ4n) is 1.80. The van der Waals surface area contributed by atoms with Crippen LogP contribution in [0.1, 0.15) is 44.0 Å². The van der Waals surface area contributed by atoms with Crippen molar-refractivity contribution in [3.63, 3.8) is 0 Å². The smallest absolute Gasteiger partial charge is 0.335 e. The van der Waals surface area contributed by atoms with Crippen LogP contribution in [0.25, 0.3) is 0 Å². The molecular formula is C14H21NO5S. The van der Waals surface area contributed by atoms with Gasteiger partial charge in [0.15, 0.2) is 0 Å². The summed E-state index contributed by atoms with van der Waals surface area (Å²) in [5, 5.41) is 8.94. The number of aromatic carboxylic acids is 1. The van der Waals surface area contributed by atoms with E-state index in [0.717, 1.165) is 0 Å². The first-order valence-electron chi connectivity index (χ1n) is 6.64. The number of methoxy groups -OCH3 is 1. The number of ether oxygens (including phenoxy) is 1. The number of nitrogens with one attached hydrogen (secondary N) is 1. The Morgan fingerprint density at radius 3 is 2.33 bits per heavy atom. The normalized spacial score (nSPS) is 12.2. The number of hydrogen-bond acceptors (Lipinski definition) is 4. The van der Waals surface area contributed by atoms with Crippen molar-refractivity contribution in [2.24, 2.45) is 0 Å². The van der Waals surface area contributed by atoms with Crippen molar-refractivity contribution in [1.29, 1.82) is 0 Å². The van der Waals surface area contributed by atoms with Crippen molar-refractivity contribution in [1.82, 2.24) is 4.72 Å². The van der Waals surface area contributed by atoms with Gasteiger partial charge >= 0.3 is 5.97 Å². The van der Waals surface area contributed by atoms with Crippen molar-refractivity contribution in [2.75, 3.05) is 7.11 Å². The molecule has 0 unspecified atom stereocenters. The maximum Gasteiger partial charge on any atom is 0.335 e. The number of rotatable bonds is 7. The van der Waals surface area contributed by atoms with E-state index < -0.39 is 21.5 Å². The van der Waals surface area contributed by atoms with E-state index in [4.69, 9.17) is 9.84 Å². The molecule has 0 aromatic heterocycles. The van der Waals surface area contributed by atoms with E-state index in [1.54, 1.807) is 0 Å². The minimum atomic E-state index is -3.80. The SMILES string of the molecule is CCC(C)(CC)NS(=O)(=O)c1ccc(C(=O)O)cc1OC. The van der Waals surface area contributed by atoms with Crippen molar-refractivity contribution in [3.05, 3.63) is 23.8 Å². The lowest BCUT2D eigenvalue weighted by atomic mass is 9.98. The van der Waals surface area contributed by atoms with Gasteiger partial charge in [-0.05, 0) is 38.0 Å². The van der Waals surface area contributed by atoms with E-state index in [1.807, 2.05) is 20.8 Å². The van der Waals surface area contributed by atoms with Crippen LogP contribution in [0.4, 0.5) is 0 Å². The van der Waals surface area contributed by atoms with Crippen LogP contribution >= 0.6 is 0 Å². The molecule has 0 spiro atoms. The standard InChI is InChI=1S/C14H21NO5S/c1-5-14(3,6-2)15-21(18,19)12-8-7-10(13(16)17)9-11(12)20-4/h7-9,15H,5-6H2,1-4H3,(H,16,17). The minimum Gasteiger partial charge on any atom is -0.495 e. The molecule has 0 aliphatic heterocycles. The van der Waals surface area contributed by atoms with Gasteiger partial charge in [-0.25, -0.2) is 17.9 Å². The van der Waals surface area contributed by atoms with Gasteiger partial charge in [-0.1, -0.05) is 13.8 Å². The molecule has 0 heterocycles. The van der Waals surface area contributed by atoms with Crippen LogP contribution in [-0.4, -0.2) is 32.1 Å². The molecule has 0 saturated heterocycles. The van der Waals surface area contributed by atoms with Crippen molar-refractivity contribution in [2.45, 2.75) is 44.0 Å². The van der Waals surface area contributed by atoms with Crippen LogP contribution < -0.4 is 9.46 Å². The lowest BCUT2D eigenvalue weighted by molar-refractivity contribution is 0.0696. The van der Waals surface area contributed by atoms with Gasteiger partial charge in [0.25, 0.3) is 0 Å². The predicted octanol–water partition coefficient (Wildman–Crippen LogP) is 2.25. The molecule has 0 aliphatic rings. The fraction of sp³-hybridized carbons (Fsp3) is 0.500. The second kappa shape index (κ2) is 6.44. The molecule has 0 atom stereocenters. The highest BCUT2D eigenvalue weighted by atomic mass is 32.2. The molecule has 1 rings (SSSR count). The lowest BCUT2D eigenvalue weighted by Crippen LogP contribution is -2.44. The van der Waals surface area contributed by atoms with Crippen LogP contribution in [0.5, 0.6) is 5.75 Å². The summed E-state index contributed by atoms with van der Waals surface area (Å²) >= 11 is 0. The number of benzene rings is 1. The third-order valence-corrected chi connectivity index (χ3v) is 5.32. The summed E-state index contributed by atoms with van der Waals surface area (Å²) in [6, 6.07) is 3.69. The van der Waals surface area contributed by atoms with E-state index in [2.05, 4.69) is 4.72 Å². The van der Waals surface area contributed by atoms with Gasteiger partial charge in [-0.3, -0.25) is 0 Å². The Kier molecular flexibility index (Phi) is 5.36. The average molecular weight is 315 g/mol. The molecule has 118 valence electrons. The molecule has 0 radical (unpaired) electrons. The molecule has 1 aromatic carbocycles. The molecule has 1 aromatic rings.